The van der Waals surface area contributed by atoms with E-state index in [4.69, 9.17) is 0 Å². The molecule has 1 aliphatic carbocycles. The summed E-state index contributed by atoms with van der Waals surface area (Å²) in [6, 6.07) is 8.74. The monoisotopic (exact) mass is 450 g/mol. The summed E-state index contributed by atoms with van der Waals surface area (Å²) in [6.07, 6.45) is 7.32. The summed E-state index contributed by atoms with van der Waals surface area (Å²) in [4.78, 5) is 33.8. The van der Waals surface area contributed by atoms with Gasteiger partial charge in [-0.1, -0.05) is 29.8 Å². The molecule has 2 aliphatic rings. The smallest absolute Gasteiger partial charge is 0.262 e. The average molecular weight is 451 g/mol. The zero-order valence-corrected chi connectivity index (χ0v) is 19.4. The Bertz CT molecular complexity index is 1180. The molecule has 1 aromatic carbocycles. The van der Waals surface area contributed by atoms with E-state index in [1.54, 1.807) is 22.2 Å². The Labute approximate surface area is 192 Å². The van der Waals surface area contributed by atoms with Crippen molar-refractivity contribution in [1.82, 2.24) is 19.8 Å². The number of aryl methyl sites for hydroxylation is 2. The number of carbonyl (C=O) groups excluding carboxylic acids is 1. The van der Waals surface area contributed by atoms with Gasteiger partial charge < -0.3 is 10.2 Å². The summed E-state index contributed by atoms with van der Waals surface area (Å²) in [5.74, 6) is 0.304. The molecule has 168 valence electrons. The van der Waals surface area contributed by atoms with Gasteiger partial charge in [0.2, 0.25) is 5.91 Å². The van der Waals surface area contributed by atoms with Gasteiger partial charge in [-0.15, -0.1) is 11.3 Å². The van der Waals surface area contributed by atoms with Crippen molar-refractivity contribution < 1.29 is 4.79 Å². The molecule has 0 bridgehead atoms. The fraction of sp³-hybridized carbons (Fsp3) is 0.480. The molecular weight excluding hydrogens is 420 g/mol. The van der Waals surface area contributed by atoms with Gasteiger partial charge in [-0.3, -0.25) is 14.2 Å². The van der Waals surface area contributed by atoms with Crippen LogP contribution in [0.4, 0.5) is 0 Å². The first-order valence-electron chi connectivity index (χ1n) is 11.6. The summed E-state index contributed by atoms with van der Waals surface area (Å²) in [7, 11) is 0. The van der Waals surface area contributed by atoms with Crippen molar-refractivity contribution in [2.75, 3.05) is 19.6 Å². The highest BCUT2D eigenvalue weighted by Gasteiger charge is 2.25. The molecule has 1 aliphatic heterocycles. The van der Waals surface area contributed by atoms with Crippen LogP contribution < -0.4 is 10.9 Å². The number of carbonyl (C=O) groups is 1. The summed E-state index contributed by atoms with van der Waals surface area (Å²) < 4.78 is 1.74. The van der Waals surface area contributed by atoms with E-state index in [1.807, 2.05) is 4.90 Å². The predicted molar refractivity (Wildman–Crippen MR) is 128 cm³/mol. The van der Waals surface area contributed by atoms with E-state index in [2.05, 4.69) is 41.5 Å². The number of nitrogens with one attached hydrogen (secondary N) is 1. The third-order valence-corrected chi connectivity index (χ3v) is 7.88. The van der Waals surface area contributed by atoms with E-state index in [9.17, 15) is 9.59 Å². The molecule has 1 amide bonds. The number of aromatic nitrogens is 2. The van der Waals surface area contributed by atoms with E-state index >= 15 is 0 Å². The first kappa shape index (κ1) is 21.3. The van der Waals surface area contributed by atoms with Crippen LogP contribution in [0.2, 0.25) is 0 Å². The molecule has 0 spiro atoms. The van der Waals surface area contributed by atoms with Crippen molar-refractivity contribution >= 4 is 27.5 Å². The maximum Gasteiger partial charge on any atom is 0.262 e. The molecule has 6 nitrogen and oxygen atoms in total. The lowest BCUT2D eigenvalue weighted by Gasteiger charge is -2.24. The highest BCUT2D eigenvalue weighted by atomic mass is 32.1. The van der Waals surface area contributed by atoms with E-state index in [1.165, 1.54) is 16.0 Å². The number of fused-ring (bicyclic) bond motifs is 3. The van der Waals surface area contributed by atoms with Crippen LogP contribution in [0.1, 0.15) is 47.3 Å². The molecule has 2 aromatic heterocycles. The predicted octanol–water partition coefficient (Wildman–Crippen LogP) is 3.27. The van der Waals surface area contributed by atoms with Crippen molar-refractivity contribution in [3.8, 4) is 0 Å². The zero-order chi connectivity index (χ0) is 22.1. The van der Waals surface area contributed by atoms with Gasteiger partial charge >= 0.3 is 0 Å². The quantitative estimate of drug-likeness (QED) is 0.561. The number of amides is 1. The molecule has 5 rings (SSSR count). The van der Waals surface area contributed by atoms with E-state index in [-0.39, 0.29) is 5.56 Å². The van der Waals surface area contributed by atoms with Crippen molar-refractivity contribution in [1.29, 1.82) is 0 Å². The molecule has 7 heteroatoms. The minimum absolute atomic E-state index is 0.0785. The van der Waals surface area contributed by atoms with Crippen LogP contribution in [-0.2, 0) is 24.2 Å². The lowest BCUT2D eigenvalue weighted by Crippen LogP contribution is -2.36. The summed E-state index contributed by atoms with van der Waals surface area (Å²) in [5.41, 5.74) is 3.62. The fourth-order valence-corrected chi connectivity index (χ4v) is 6.15. The molecule has 1 fully saturated rings. The largest absolute Gasteiger partial charge is 0.343 e. The van der Waals surface area contributed by atoms with Crippen LogP contribution in [-0.4, -0.2) is 46.0 Å². The molecule has 32 heavy (non-hydrogen) atoms. The van der Waals surface area contributed by atoms with Crippen LogP contribution in [0, 0.1) is 6.92 Å². The molecule has 1 N–H and O–H groups in total. The van der Waals surface area contributed by atoms with Crippen LogP contribution >= 0.6 is 11.3 Å². The number of benzene rings is 1. The van der Waals surface area contributed by atoms with Crippen LogP contribution in [0.15, 0.2) is 35.4 Å². The van der Waals surface area contributed by atoms with Gasteiger partial charge in [-0.2, -0.15) is 0 Å². The average Bonchev–Trinajstić information content (AvgIpc) is 3.37. The second-order valence-electron chi connectivity index (χ2n) is 9.08. The van der Waals surface area contributed by atoms with Gasteiger partial charge in [0.15, 0.2) is 0 Å². The van der Waals surface area contributed by atoms with Crippen LogP contribution in [0.5, 0.6) is 0 Å². The number of hydrogen-bond acceptors (Lipinski definition) is 5. The fourth-order valence-electron chi connectivity index (χ4n) is 4.89. The number of likely N-dealkylation sites (tertiary alicyclic amines) is 1. The molecule has 1 unspecified atom stereocenters. The lowest BCUT2D eigenvalue weighted by atomic mass is 9.93. The highest BCUT2D eigenvalue weighted by Crippen LogP contribution is 2.33. The molecular formula is C25H30N4O2S. The lowest BCUT2D eigenvalue weighted by molar-refractivity contribution is -0.127. The van der Waals surface area contributed by atoms with Crippen LogP contribution in [0.3, 0.4) is 0 Å². The summed E-state index contributed by atoms with van der Waals surface area (Å²) in [6.45, 7) is 5.32. The Morgan fingerprint density at radius 3 is 2.81 bits per heavy atom. The SMILES string of the molecule is Cc1ccc(Cn2cnc3sc4c(c3c2=O)CCC(NCCCN2CCCC2=O)C4)cc1. The summed E-state index contributed by atoms with van der Waals surface area (Å²) >= 11 is 1.68. The third kappa shape index (κ3) is 4.36. The number of nitrogens with zero attached hydrogens (tertiary/aromatic N) is 3. The van der Waals surface area contributed by atoms with Crippen molar-refractivity contribution in [2.24, 2.45) is 0 Å². The van der Waals surface area contributed by atoms with Gasteiger partial charge in [0.25, 0.3) is 5.56 Å². The molecule has 3 heterocycles. The Balaban J connectivity index is 1.25. The van der Waals surface area contributed by atoms with Crippen molar-refractivity contribution in [2.45, 2.75) is 58.0 Å². The Kier molecular flexibility index (Phi) is 6.11. The Hall–Kier alpha value is -2.51. The first-order chi connectivity index (χ1) is 15.6. The Morgan fingerprint density at radius 2 is 2.03 bits per heavy atom. The number of hydrogen-bond donors (Lipinski definition) is 1. The van der Waals surface area contributed by atoms with Gasteiger partial charge in [0.1, 0.15) is 4.83 Å². The topological polar surface area (TPSA) is 67.2 Å². The molecule has 1 saturated heterocycles. The normalized spacial score (nSPS) is 18.5. The minimum atomic E-state index is 0.0785. The zero-order valence-electron chi connectivity index (χ0n) is 18.6. The highest BCUT2D eigenvalue weighted by molar-refractivity contribution is 7.18. The number of thiophene rings is 1. The Morgan fingerprint density at radius 1 is 1.19 bits per heavy atom. The van der Waals surface area contributed by atoms with Gasteiger partial charge in [0.05, 0.1) is 18.3 Å². The molecule has 1 atom stereocenters. The standard InChI is InChI=1S/C25H30N4O2S/c1-17-5-7-18(8-6-17)15-29-16-27-24-23(25(29)31)20-10-9-19(14-21(20)32-24)26-11-3-13-28-12-2-4-22(28)30/h5-8,16,19,26H,2-4,9-15H2,1H3. The second kappa shape index (κ2) is 9.16. The maximum atomic E-state index is 13.3. The van der Waals surface area contributed by atoms with Crippen molar-refractivity contribution in [3.05, 3.63) is 62.5 Å². The van der Waals surface area contributed by atoms with Gasteiger partial charge in [-0.05, 0) is 56.7 Å². The molecule has 0 saturated carbocycles. The van der Waals surface area contributed by atoms with Gasteiger partial charge in [-0.25, -0.2) is 4.98 Å². The van der Waals surface area contributed by atoms with E-state index in [0.29, 0.717) is 24.9 Å². The van der Waals surface area contributed by atoms with E-state index < -0.39 is 0 Å². The number of rotatable bonds is 7. The molecule has 3 aromatic rings. The molecule has 0 radical (unpaired) electrons. The van der Waals surface area contributed by atoms with Crippen molar-refractivity contribution in [3.63, 3.8) is 0 Å². The summed E-state index contributed by atoms with van der Waals surface area (Å²) in [5, 5.41) is 4.50. The first-order valence-corrected chi connectivity index (χ1v) is 12.5. The maximum absolute atomic E-state index is 13.3. The second-order valence-corrected chi connectivity index (χ2v) is 10.2. The van der Waals surface area contributed by atoms with Crippen LogP contribution in [0.25, 0.3) is 10.2 Å². The van der Waals surface area contributed by atoms with Gasteiger partial charge in [0, 0.05) is 30.4 Å². The van der Waals surface area contributed by atoms with E-state index in [0.717, 1.165) is 67.5 Å². The third-order valence-electron chi connectivity index (χ3n) is 6.72. The minimum Gasteiger partial charge on any atom is -0.343 e.